The van der Waals surface area contributed by atoms with Crippen LogP contribution in [-0.4, -0.2) is 10.7 Å². The molecule has 80 valence electrons. The van der Waals surface area contributed by atoms with E-state index in [9.17, 15) is 5.11 Å². The van der Waals surface area contributed by atoms with Gasteiger partial charge in [-0.25, -0.2) is 0 Å². The summed E-state index contributed by atoms with van der Waals surface area (Å²) in [6.07, 6.45) is 3.60. The van der Waals surface area contributed by atoms with Gasteiger partial charge in [0.05, 0.1) is 5.60 Å². The van der Waals surface area contributed by atoms with Crippen LogP contribution in [0, 0.1) is 16.7 Å². The highest BCUT2D eigenvalue weighted by Gasteiger charge is 2.68. The van der Waals surface area contributed by atoms with E-state index in [-0.39, 0.29) is 10.8 Å². The van der Waals surface area contributed by atoms with Crippen molar-refractivity contribution in [1.82, 2.24) is 0 Å². The third-order valence-electron chi connectivity index (χ3n) is 5.19. The molecule has 3 atom stereocenters. The summed E-state index contributed by atoms with van der Waals surface area (Å²) in [4.78, 5) is 0. The zero-order valence-corrected chi connectivity index (χ0v) is 9.85. The first-order valence-electron chi connectivity index (χ1n) is 5.64. The Morgan fingerprint density at radius 2 is 1.93 bits per heavy atom. The Morgan fingerprint density at radius 3 is 2.21 bits per heavy atom. The van der Waals surface area contributed by atoms with Crippen LogP contribution in [0.15, 0.2) is 12.2 Å². The van der Waals surface area contributed by atoms with Crippen molar-refractivity contribution in [3.05, 3.63) is 12.2 Å². The first-order chi connectivity index (χ1) is 6.26. The molecule has 0 spiro atoms. The standard InChI is InChI=1S/C13H22O/c1-9(2)13(14)11(3,4)10-6-7-12(13,5)8-10/h10,14H,1,6-8H2,2-5H3. The quantitative estimate of drug-likeness (QED) is 0.636. The number of aliphatic hydroxyl groups is 1. The van der Waals surface area contributed by atoms with Gasteiger partial charge in [0.1, 0.15) is 0 Å². The minimum atomic E-state index is -0.650. The van der Waals surface area contributed by atoms with Crippen LogP contribution < -0.4 is 0 Å². The summed E-state index contributed by atoms with van der Waals surface area (Å²) in [5, 5.41) is 10.9. The molecule has 0 aromatic rings. The largest absolute Gasteiger partial charge is 0.384 e. The van der Waals surface area contributed by atoms with Crippen LogP contribution in [0.2, 0.25) is 0 Å². The molecule has 3 unspecified atom stereocenters. The van der Waals surface area contributed by atoms with Crippen molar-refractivity contribution in [2.75, 3.05) is 0 Å². The van der Waals surface area contributed by atoms with E-state index >= 15 is 0 Å². The van der Waals surface area contributed by atoms with Crippen LogP contribution in [0.4, 0.5) is 0 Å². The Bertz CT molecular complexity index is 285. The van der Waals surface area contributed by atoms with Gasteiger partial charge < -0.3 is 5.11 Å². The molecule has 0 aromatic heterocycles. The molecular weight excluding hydrogens is 172 g/mol. The predicted molar refractivity (Wildman–Crippen MR) is 59.0 cm³/mol. The number of fused-ring (bicyclic) bond motifs is 2. The van der Waals surface area contributed by atoms with Crippen molar-refractivity contribution < 1.29 is 5.11 Å². The summed E-state index contributed by atoms with van der Waals surface area (Å²) < 4.78 is 0. The van der Waals surface area contributed by atoms with E-state index in [2.05, 4.69) is 27.4 Å². The van der Waals surface area contributed by atoms with E-state index in [0.717, 1.165) is 12.0 Å². The molecule has 2 aliphatic carbocycles. The number of hydrogen-bond acceptors (Lipinski definition) is 1. The minimum absolute atomic E-state index is 0.00579. The van der Waals surface area contributed by atoms with Crippen LogP contribution >= 0.6 is 0 Å². The van der Waals surface area contributed by atoms with Gasteiger partial charge in [0, 0.05) is 10.8 Å². The monoisotopic (exact) mass is 194 g/mol. The SMILES string of the molecule is C=C(C)C1(O)C2(C)CCC(C2)C1(C)C. The van der Waals surface area contributed by atoms with Gasteiger partial charge in [-0.05, 0) is 37.7 Å². The fourth-order valence-corrected chi connectivity index (χ4v) is 4.32. The second-order valence-corrected chi connectivity index (χ2v) is 6.21. The maximum Gasteiger partial charge on any atom is 0.0958 e. The normalized spacial score (nSPS) is 49.6. The third-order valence-corrected chi connectivity index (χ3v) is 5.19. The van der Waals surface area contributed by atoms with Gasteiger partial charge in [0.25, 0.3) is 0 Å². The van der Waals surface area contributed by atoms with Crippen molar-refractivity contribution in [2.45, 2.75) is 52.6 Å². The number of hydrogen-bond donors (Lipinski definition) is 1. The average Bonchev–Trinajstić information content (AvgIpc) is 2.51. The Kier molecular flexibility index (Phi) is 1.78. The van der Waals surface area contributed by atoms with Gasteiger partial charge in [0.2, 0.25) is 0 Å². The lowest BCUT2D eigenvalue weighted by Crippen LogP contribution is -2.54. The molecule has 14 heavy (non-hydrogen) atoms. The van der Waals surface area contributed by atoms with Crippen LogP contribution in [0.3, 0.4) is 0 Å². The van der Waals surface area contributed by atoms with Crippen molar-refractivity contribution in [3.8, 4) is 0 Å². The summed E-state index contributed by atoms with van der Waals surface area (Å²) in [6, 6.07) is 0. The molecule has 1 N–H and O–H groups in total. The summed E-state index contributed by atoms with van der Waals surface area (Å²) in [7, 11) is 0. The van der Waals surface area contributed by atoms with Crippen molar-refractivity contribution in [3.63, 3.8) is 0 Å². The lowest BCUT2D eigenvalue weighted by molar-refractivity contribution is -0.112. The predicted octanol–water partition coefficient (Wildman–Crippen LogP) is 3.14. The zero-order chi connectivity index (χ0) is 10.8. The highest BCUT2D eigenvalue weighted by atomic mass is 16.3. The van der Waals surface area contributed by atoms with E-state index in [0.29, 0.717) is 5.92 Å². The lowest BCUT2D eigenvalue weighted by atomic mass is 9.58. The maximum atomic E-state index is 10.9. The average molecular weight is 194 g/mol. The van der Waals surface area contributed by atoms with Gasteiger partial charge in [0.15, 0.2) is 0 Å². The van der Waals surface area contributed by atoms with Gasteiger partial charge in [-0.2, -0.15) is 0 Å². The molecule has 2 saturated carbocycles. The smallest absolute Gasteiger partial charge is 0.0958 e. The molecular formula is C13H22O. The summed E-state index contributed by atoms with van der Waals surface area (Å²) in [5.74, 6) is 0.675. The molecule has 1 heteroatoms. The van der Waals surface area contributed by atoms with Crippen LogP contribution in [0.1, 0.15) is 47.0 Å². The zero-order valence-electron chi connectivity index (χ0n) is 9.85. The summed E-state index contributed by atoms with van der Waals surface area (Å²) in [5.41, 5.74) is 0.383. The Labute approximate surface area is 87.2 Å². The number of rotatable bonds is 1. The van der Waals surface area contributed by atoms with Crippen molar-refractivity contribution >= 4 is 0 Å². The first-order valence-corrected chi connectivity index (χ1v) is 5.64. The highest BCUT2D eigenvalue weighted by molar-refractivity contribution is 5.29. The summed E-state index contributed by atoms with van der Waals surface area (Å²) >= 11 is 0. The molecule has 0 amide bonds. The van der Waals surface area contributed by atoms with E-state index in [4.69, 9.17) is 0 Å². The molecule has 2 bridgehead atoms. The minimum Gasteiger partial charge on any atom is -0.384 e. The van der Waals surface area contributed by atoms with E-state index < -0.39 is 5.60 Å². The van der Waals surface area contributed by atoms with Gasteiger partial charge >= 0.3 is 0 Å². The van der Waals surface area contributed by atoms with Crippen molar-refractivity contribution in [1.29, 1.82) is 0 Å². The Balaban J connectivity index is 2.54. The Hall–Kier alpha value is -0.300. The van der Waals surface area contributed by atoms with Crippen LogP contribution in [0.25, 0.3) is 0 Å². The molecule has 2 aliphatic rings. The fourth-order valence-electron chi connectivity index (χ4n) is 4.32. The van der Waals surface area contributed by atoms with E-state index in [1.165, 1.54) is 12.8 Å². The van der Waals surface area contributed by atoms with Gasteiger partial charge in [-0.1, -0.05) is 27.4 Å². The second kappa shape index (κ2) is 2.44. The molecule has 0 radical (unpaired) electrons. The van der Waals surface area contributed by atoms with E-state index in [1.807, 2.05) is 6.92 Å². The third kappa shape index (κ3) is 0.809. The molecule has 2 rings (SSSR count). The highest BCUT2D eigenvalue weighted by Crippen LogP contribution is 2.69. The van der Waals surface area contributed by atoms with E-state index in [1.54, 1.807) is 0 Å². The Morgan fingerprint density at radius 1 is 1.36 bits per heavy atom. The molecule has 0 aliphatic heterocycles. The second-order valence-electron chi connectivity index (χ2n) is 6.21. The lowest BCUT2D eigenvalue weighted by Gasteiger charge is -2.51. The fraction of sp³-hybridized carbons (Fsp3) is 0.846. The van der Waals surface area contributed by atoms with Crippen LogP contribution in [0.5, 0.6) is 0 Å². The molecule has 1 nitrogen and oxygen atoms in total. The van der Waals surface area contributed by atoms with Crippen molar-refractivity contribution in [2.24, 2.45) is 16.7 Å². The first kappa shape index (κ1) is 10.2. The maximum absolute atomic E-state index is 10.9. The van der Waals surface area contributed by atoms with Gasteiger partial charge in [-0.3, -0.25) is 0 Å². The topological polar surface area (TPSA) is 20.2 Å². The molecule has 0 saturated heterocycles. The molecule has 0 heterocycles. The van der Waals surface area contributed by atoms with Crippen LogP contribution in [-0.2, 0) is 0 Å². The summed E-state index contributed by atoms with van der Waals surface area (Å²) in [6.45, 7) is 12.6. The molecule has 2 fully saturated rings. The van der Waals surface area contributed by atoms with Gasteiger partial charge in [-0.15, -0.1) is 0 Å². The molecule has 0 aromatic carbocycles.